The summed E-state index contributed by atoms with van der Waals surface area (Å²) in [7, 11) is 0. The molecule has 0 bridgehead atoms. The molecule has 0 aliphatic carbocycles. The molecule has 0 fully saturated rings. The van der Waals surface area contributed by atoms with Crippen molar-refractivity contribution < 1.29 is 4.79 Å². The van der Waals surface area contributed by atoms with Gasteiger partial charge in [0, 0.05) is 5.56 Å². The summed E-state index contributed by atoms with van der Waals surface area (Å²) < 4.78 is 1.64. The Morgan fingerprint density at radius 2 is 1.70 bits per heavy atom. The molecule has 0 aliphatic heterocycles. The van der Waals surface area contributed by atoms with Gasteiger partial charge in [-0.3, -0.25) is 4.79 Å². The molecule has 0 aliphatic rings. The molecule has 3 aromatic carbocycles. The predicted octanol–water partition coefficient (Wildman–Crippen LogP) is 5.16. The Labute approximate surface area is 177 Å². The first-order valence-corrected chi connectivity index (χ1v) is 9.76. The number of amides is 1. The van der Waals surface area contributed by atoms with E-state index in [1.807, 2.05) is 24.3 Å². The zero-order chi connectivity index (χ0) is 20.7. The van der Waals surface area contributed by atoms with Crippen molar-refractivity contribution in [3.05, 3.63) is 89.3 Å². The van der Waals surface area contributed by atoms with Gasteiger partial charge in [-0.1, -0.05) is 66.2 Å². The van der Waals surface area contributed by atoms with Crippen molar-refractivity contribution >= 4 is 39.6 Å². The van der Waals surface area contributed by atoms with Crippen LogP contribution in [0, 0.1) is 6.92 Å². The maximum absolute atomic E-state index is 12.8. The number of carbonyl (C=O) groups excluding carboxylic acids is 1. The van der Waals surface area contributed by atoms with E-state index in [1.54, 1.807) is 41.9 Å². The molecule has 1 N–H and O–H groups in total. The first-order valence-electron chi connectivity index (χ1n) is 9.38. The second-order valence-corrected chi connectivity index (χ2v) is 7.30. The summed E-state index contributed by atoms with van der Waals surface area (Å²) in [5.74, 6) is -0.391. The number of nitrogens with zero attached hydrogens (tertiary/aromatic N) is 4. The molecule has 5 aromatic rings. The minimum absolute atomic E-state index is 0.190. The zero-order valence-corrected chi connectivity index (χ0v) is 16.8. The molecule has 146 valence electrons. The van der Waals surface area contributed by atoms with Crippen LogP contribution in [0.4, 0.5) is 5.69 Å². The summed E-state index contributed by atoms with van der Waals surface area (Å²) in [6.45, 7) is 1.79. The third-order valence-corrected chi connectivity index (χ3v) is 5.40. The lowest BCUT2D eigenvalue weighted by molar-refractivity contribution is 0.102. The fourth-order valence-electron chi connectivity index (χ4n) is 3.56. The average Bonchev–Trinajstić information content (AvgIpc) is 3.20. The fraction of sp³-hybridized carbons (Fsp3) is 0.0435. The van der Waals surface area contributed by atoms with Gasteiger partial charge >= 0.3 is 0 Å². The zero-order valence-electron chi connectivity index (χ0n) is 16.0. The standard InChI is InChI=1S/C23H16ClN5O/c1-14-21(23(30)26-20-12-5-4-11-19(20)24)27-28-22-18(13-25-29(14)22)17-10-6-8-15-7-2-3-9-16(15)17/h2-13H,1H3,(H,26,30). The second-order valence-electron chi connectivity index (χ2n) is 6.89. The van der Waals surface area contributed by atoms with E-state index >= 15 is 0 Å². The van der Waals surface area contributed by atoms with Crippen LogP contribution in [0.5, 0.6) is 0 Å². The lowest BCUT2D eigenvalue weighted by Crippen LogP contribution is -2.18. The van der Waals surface area contributed by atoms with Gasteiger partial charge in [0.05, 0.1) is 22.6 Å². The maximum Gasteiger partial charge on any atom is 0.278 e. The van der Waals surface area contributed by atoms with E-state index in [0.29, 0.717) is 22.1 Å². The molecule has 0 unspecified atom stereocenters. The molecule has 5 rings (SSSR count). The quantitative estimate of drug-likeness (QED) is 0.443. The number of aromatic nitrogens is 4. The Morgan fingerprint density at radius 3 is 2.57 bits per heavy atom. The molecule has 6 nitrogen and oxygen atoms in total. The third kappa shape index (κ3) is 2.98. The summed E-state index contributed by atoms with van der Waals surface area (Å²) >= 11 is 6.14. The number of para-hydroxylation sites is 1. The van der Waals surface area contributed by atoms with Crippen LogP contribution < -0.4 is 5.32 Å². The Morgan fingerprint density at radius 1 is 0.933 bits per heavy atom. The number of hydrogen-bond donors (Lipinski definition) is 1. The third-order valence-electron chi connectivity index (χ3n) is 5.07. The first-order chi connectivity index (χ1) is 14.6. The Bertz CT molecular complexity index is 1420. The van der Waals surface area contributed by atoms with E-state index in [-0.39, 0.29) is 5.69 Å². The molecule has 0 spiro atoms. The topological polar surface area (TPSA) is 72.2 Å². The largest absolute Gasteiger partial charge is 0.319 e. The Balaban J connectivity index is 1.58. The van der Waals surface area contributed by atoms with Crippen LogP contribution in [-0.2, 0) is 0 Å². The van der Waals surface area contributed by atoms with Crippen molar-refractivity contribution in [3.63, 3.8) is 0 Å². The van der Waals surface area contributed by atoms with E-state index in [4.69, 9.17) is 11.6 Å². The van der Waals surface area contributed by atoms with Crippen LogP contribution >= 0.6 is 11.6 Å². The first kappa shape index (κ1) is 18.3. The van der Waals surface area contributed by atoms with E-state index in [1.165, 1.54) is 0 Å². The Hall–Kier alpha value is -3.77. The highest BCUT2D eigenvalue weighted by Gasteiger charge is 2.19. The average molecular weight is 414 g/mol. The molecule has 2 heterocycles. The SMILES string of the molecule is Cc1c(C(=O)Nc2ccccc2Cl)nnc2c(-c3cccc4ccccc34)cnn12. The molecule has 30 heavy (non-hydrogen) atoms. The molecule has 0 radical (unpaired) electrons. The number of anilines is 1. The highest BCUT2D eigenvalue weighted by molar-refractivity contribution is 6.33. The lowest BCUT2D eigenvalue weighted by atomic mass is 10.0. The van der Waals surface area contributed by atoms with Crippen molar-refractivity contribution in [1.29, 1.82) is 0 Å². The minimum Gasteiger partial charge on any atom is -0.319 e. The number of fused-ring (bicyclic) bond motifs is 2. The van der Waals surface area contributed by atoms with Crippen LogP contribution in [0.3, 0.4) is 0 Å². The monoisotopic (exact) mass is 413 g/mol. The van der Waals surface area contributed by atoms with Crippen LogP contribution in [0.2, 0.25) is 5.02 Å². The van der Waals surface area contributed by atoms with Crippen molar-refractivity contribution in [2.75, 3.05) is 5.32 Å². The summed E-state index contributed by atoms with van der Waals surface area (Å²) in [6, 6.07) is 21.3. The van der Waals surface area contributed by atoms with E-state index in [2.05, 4.69) is 38.8 Å². The fourth-order valence-corrected chi connectivity index (χ4v) is 3.74. The Kier molecular flexibility index (Phi) is 4.41. The molecule has 1 amide bonds. The van der Waals surface area contributed by atoms with Crippen molar-refractivity contribution in [2.24, 2.45) is 0 Å². The number of halogens is 1. The summed E-state index contributed by atoms with van der Waals surface area (Å²) in [5.41, 5.74) is 3.78. The predicted molar refractivity (Wildman–Crippen MR) is 118 cm³/mol. The van der Waals surface area contributed by atoms with Gasteiger partial charge in [0.1, 0.15) is 0 Å². The molecule has 0 saturated carbocycles. The van der Waals surface area contributed by atoms with Gasteiger partial charge in [0.25, 0.3) is 5.91 Å². The molecular formula is C23H16ClN5O. The smallest absolute Gasteiger partial charge is 0.278 e. The number of aryl methyl sites for hydroxylation is 1. The molecule has 0 saturated heterocycles. The van der Waals surface area contributed by atoms with Crippen LogP contribution in [0.25, 0.3) is 27.5 Å². The number of benzene rings is 3. The second kappa shape index (κ2) is 7.24. The molecule has 7 heteroatoms. The summed E-state index contributed by atoms with van der Waals surface area (Å²) in [5, 5.41) is 18.5. The highest BCUT2D eigenvalue weighted by atomic mass is 35.5. The maximum atomic E-state index is 12.8. The number of rotatable bonds is 3. The highest BCUT2D eigenvalue weighted by Crippen LogP contribution is 2.31. The van der Waals surface area contributed by atoms with Gasteiger partial charge in [-0.2, -0.15) is 5.10 Å². The van der Waals surface area contributed by atoms with Crippen LogP contribution in [-0.4, -0.2) is 25.7 Å². The lowest BCUT2D eigenvalue weighted by Gasteiger charge is -2.09. The van der Waals surface area contributed by atoms with Crippen LogP contribution in [0.15, 0.2) is 72.9 Å². The molecule has 0 atom stereocenters. The minimum atomic E-state index is -0.391. The number of nitrogens with one attached hydrogen (secondary N) is 1. The van der Waals surface area contributed by atoms with Gasteiger partial charge < -0.3 is 5.32 Å². The van der Waals surface area contributed by atoms with Gasteiger partial charge in [-0.05, 0) is 35.4 Å². The number of hydrogen-bond acceptors (Lipinski definition) is 4. The molecule has 2 aromatic heterocycles. The van der Waals surface area contributed by atoms with E-state index in [0.717, 1.165) is 21.9 Å². The van der Waals surface area contributed by atoms with Gasteiger partial charge in [0.2, 0.25) is 0 Å². The normalized spacial score (nSPS) is 11.1. The van der Waals surface area contributed by atoms with Gasteiger partial charge in [-0.15, -0.1) is 10.2 Å². The summed E-state index contributed by atoms with van der Waals surface area (Å²) in [4.78, 5) is 12.8. The van der Waals surface area contributed by atoms with Crippen molar-refractivity contribution in [2.45, 2.75) is 6.92 Å². The van der Waals surface area contributed by atoms with Gasteiger partial charge in [0.15, 0.2) is 11.3 Å². The van der Waals surface area contributed by atoms with E-state index < -0.39 is 5.91 Å². The van der Waals surface area contributed by atoms with Gasteiger partial charge in [-0.25, -0.2) is 4.52 Å². The number of carbonyl (C=O) groups is 1. The van der Waals surface area contributed by atoms with E-state index in [9.17, 15) is 4.79 Å². The summed E-state index contributed by atoms with van der Waals surface area (Å²) in [6.07, 6.45) is 1.76. The van der Waals surface area contributed by atoms with Crippen molar-refractivity contribution in [3.8, 4) is 11.1 Å². The molecular weight excluding hydrogens is 398 g/mol. The van der Waals surface area contributed by atoms with Crippen molar-refractivity contribution in [1.82, 2.24) is 19.8 Å². The van der Waals surface area contributed by atoms with Crippen LogP contribution in [0.1, 0.15) is 16.2 Å².